The Bertz CT molecular complexity index is 940. The van der Waals surface area contributed by atoms with Crippen LogP contribution in [0.3, 0.4) is 0 Å². The van der Waals surface area contributed by atoms with Crippen LogP contribution in [0.15, 0.2) is 47.1 Å². The van der Waals surface area contributed by atoms with Crippen molar-refractivity contribution in [3.8, 4) is 0 Å². The van der Waals surface area contributed by atoms with Gasteiger partial charge in [-0.05, 0) is 79.6 Å². The second kappa shape index (κ2) is 7.14. The lowest BCUT2D eigenvalue weighted by atomic mass is 10.0. The van der Waals surface area contributed by atoms with Gasteiger partial charge in [-0.2, -0.15) is 0 Å². The van der Waals surface area contributed by atoms with Crippen molar-refractivity contribution in [2.75, 3.05) is 20.6 Å². The molecule has 0 radical (unpaired) electrons. The molecule has 0 amide bonds. The van der Waals surface area contributed by atoms with E-state index in [0.29, 0.717) is 5.56 Å². The molecule has 0 saturated heterocycles. The molecule has 3 rings (SSSR count). The predicted molar refractivity (Wildman–Crippen MR) is 108 cm³/mol. The summed E-state index contributed by atoms with van der Waals surface area (Å²) in [5, 5.41) is 1.18. The van der Waals surface area contributed by atoms with E-state index < -0.39 is 0 Å². The SMILES string of the molecule is Cc1cc(C)c2c(c1)c(CCN(C)C)cn2C(=O)c1ccccc1Br. The zero-order valence-corrected chi connectivity index (χ0v) is 16.7. The van der Waals surface area contributed by atoms with E-state index in [0.717, 1.165) is 28.5 Å². The van der Waals surface area contributed by atoms with Gasteiger partial charge in [0, 0.05) is 22.6 Å². The van der Waals surface area contributed by atoms with Gasteiger partial charge in [-0.15, -0.1) is 0 Å². The molecule has 2 aromatic carbocycles. The quantitative estimate of drug-likeness (QED) is 0.629. The molecule has 0 saturated carbocycles. The second-order valence-electron chi connectivity index (χ2n) is 6.84. The van der Waals surface area contributed by atoms with E-state index in [-0.39, 0.29) is 5.91 Å². The number of hydrogen-bond acceptors (Lipinski definition) is 2. The van der Waals surface area contributed by atoms with Crippen molar-refractivity contribution in [3.05, 3.63) is 69.3 Å². The Balaban J connectivity index is 2.18. The van der Waals surface area contributed by atoms with E-state index in [2.05, 4.69) is 60.9 Å². The van der Waals surface area contributed by atoms with E-state index >= 15 is 0 Å². The van der Waals surface area contributed by atoms with Crippen LogP contribution < -0.4 is 0 Å². The van der Waals surface area contributed by atoms with Gasteiger partial charge in [-0.1, -0.05) is 23.8 Å². The molecular formula is C21H23BrN2O. The molecule has 0 aliphatic rings. The molecule has 0 unspecified atom stereocenters. The van der Waals surface area contributed by atoms with Crippen molar-refractivity contribution in [2.24, 2.45) is 0 Å². The van der Waals surface area contributed by atoms with Gasteiger partial charge in [0.1, 0.15) is 0 Å². The summed E-state index contributed by atoms with van der Waals surface area (Å²) in [6.45, 7) is 5.14. The molecule has 1 aromatic heterocycles. The van der Waals surface area contributed by atoms with Gasteiger partial charge in [0.15, 0.2) is 0 Å². The Morgan fingerprint density at radius 2 is 1.88 bits per heavy atom. The van der Waals surface area contributed by atoms with Crippen LogP contribution in [0.25, 0.3) is 10.9 Å². The Labute approximate surface area is 157 Å². The Hall–Kier alpha value is -1.91. The maximum Gasteiger partial charge on any atom is 0.263 e. The molecule has 0 N–H and O–H groups in total. The molecule has 0 aliphatic carbocycles. The molecule has 1 heterocycles. The normalized spacial score (nSPS) is 11.4. The number of likely N-dealkylation sites (N-methyl/N-ethyl adjacent to an activating group) is 1. The van der Waals surface area contributed by atoms with Crippen molar-refractivity contribution in [1.29, 1.82) is 0 Å². The lowest BCUT2D eigenvalue weighted by Crippen LogP contribution is -2.15. The molecule has 130 valence electrons. The Kier molecular flexibility index (Phi) is 5.11. The minimum atomic E-state index is 0.000492. The zero-order chi connectivity index (χ0) is 18.1. The fraction of sp³-hybridized carbons (Fsp3) is 0.286. The molecule has 4 heteroatoms. The first-order chi connectivity index (χ1) is 11.9. The van der Waals surface area contributed by atoms with Gasteiger partial charge in [0.25, 0.3) is 5.91 Å². The average Bonchev–Trinajstić information content (AvgIpc) is 2.91. The highest BCUT2D eigenvalue weighted by Gasteiger charge is 2.18. The Morgan fingerprint density at radius 1 is 1.16 bits per heavy atom. The smallest absolute Gasteiger partial charge is 0.263 e. The van der Waals surface area contributed by atoms with Crippen molar-refractivity contribution >= 4 is 32.7 Å². The van der Waals surface area contributed by atoms with Gasteiger partial charge < -0.3 is 4.90 Å². The fourth-order valence-electron chi connectivity index (χ4n) is 3.28. The summed E-state index contributed by atoms with van der Waals surface area (Å²) in [4.78, 5) is 15.4. The number of aryl methyl sites for hydroxylation is 2. The molecular weight excluding hydrogens is 376 g/mol. The van der Waals surface area contributed by atoms with Gasteiger partial charge in [0.05, 0.1) is 11.1 Å². The first-order valence-corrected chi connectivity index (χ1v) is 9.23. The molecule has 0 aliphatic heterocycles. The summed E-state index contributed by atoms with van der Waals surface area (Å²) in [7, 11) is 4.14. The summed E-state index contributed by atoms with van der Waals surface area (Å²) < 4.78 is 2.64. The summed E-state index contributed by atoms with van der Waals surface area (Å²) in [6, 6.07) is 11.9. The van der Waals surface area contributed by atoms with Crippen LogP contribution in [-0.4, -0.2) is 36.0 Å². The number of rotatable bonds is 4. The predicted octanol–water partition coefficient (Wildman–Crippen LogP) is 4.81. The van der Waals surface area contributed by atoms with Gasteiger partial charge in [-0.3, -0.25) is 9.36 Å². The summed E-state index contributed by atoms with van der Waals surface area (Å²) in [5.74, 6) is 0.000492. The second-order valence-corrected chi connectivity index (χ2v) is 7.69. The third-order valence-electron chi connectivity index (χ3n) is 4.47. The molecule has 3 aromatic rings. The van der Waals surface area contributed by atoms with Gasteiger partial charge in [0.2, 0.25) is 0 Å². The summed E-state index contributed by atoms with van der Waals surface area (Å²) in [6.07, 6.45) is 2.94. The van der Waals surface area contributed by atoms with Gasteiger partial charge >= 0.3 is 0 Å². The number of carbonyl (C=O) groups excluding carboxylic acids is 1. The maximum absolute atomic E-state index is 13.2. The van der Waals surface area contributed by atoms with Crippen LogP contribution in [-0.2, 0) is 6.42 Å². The first kappa shape index (κ1) is 17.9. The number of halogens is 1. The minimum absolute atomic E-state index is 0.000492. The van der Waals surface area contributed by atoms with E-state index in [1.54, 1.807) is 0 Å². The fourth-order valence-corrected chi connectivity index (χ4v) is 3.74. The van der Waals surface area contributed by atoms with E-state index in [4.69, 9.17) is 0 Å². The maximum atomic E-state index is 13.2. The molecule has 0 spiro atoms. The standard InChI is InChI=1S/C21H23BrN2O/c1-14-11-15(2)20-18(12-14)16(9-10-23(3)4)13-24(20)21(25)17-7-5-6-8-19(17)22/h5-8,11-13H,9-10H2,1-4H3. The third-order valence-corrected chi connectivity index (χ3v) is 5.16. The van der Waals surface area contributed by atoms with Crippen LogP contribution in [0.4, 0.5) is 0 Å². The van der Waals surface area contributed by atoms with Crippen molar-refractivity contribution < 1.29 is 4.79 Å². The summed E-state index contributed by atoms with van der Waals surface area (Å²) >= 11 is 3.50. The van der Waals surface area contributed by atoms with Crippen molar-refractivity contribution in [2.45, 2.75) is 20.3 Å². The molecule has 0 atom stereocenters. The van der Waals surface area contributed by atoms with Crippen LogP contribution in [0.1, 0.15) is 27.0 Å². The highest BCUT2D eigenvalue weighted by atomic mass is 79.9. The van der Waals surface area contributed by atoms with Crippen molar-refractivity contribution in [3.63, 3.8) is 0 Å². The highest BCUT2D eigenvalue weighted by molar-refractivity contribution is 9.10. The van der Waals surface area contributed by atoms with Crippen molar-refractivity contribution in [1.82, 2.24) is 9.47 Å². The lowest BCUT2D eigenvalue weighted by Gasteiger charge is -2.09. The molecule has 25 heavy (non-hydrogen) atoms. The Morgan fingerprint density at radius 3 is 2.56 bits per heavy atom. The van der Waals surface area contributed by atoms with E-state index in [9.17, 15) is 4.79 Å². The van der Waals surface area contributed by atoms with Crippen LogP contribution in [0, 0.1) is 13.8 Å². The number of fused-ring (bicyclic) bond motifs is 1. The number of aromatic nitrogens is 1. The third kappa shape index (κ3) is 3.55. The molecule has 0 fully saturated rings. The van der Waals surface area contributed by atoms with E-state index in [1.165, 1.54) is 16.5 Å². The highest BCUT2D eigenvalue weighted by Crippen LogP contribution is 2.28. The lowest BCUT2D eigenvalue weighted by molar-refractivity contribution is 0.0964. The number of carbonyl (C=O) groups is 1. The largest absolute Gasteiger partial charge is 0.309 e. The van der Waals surface area contributed by atoms with Crippen LogP contribution >= 0.6 is 15.9 Å². The van der Waals surface area contributed by atoms with Crippen LogP contribution in [0.5, 0.6) is 0 Å². The number of benzene rings is 2. The average molecular weight is 399 g/mol. The first-order valence-electron chi connectivity index (χ1n) is 8.43. The number of nitrogens with zero attached hydrogens (tertiary/aromatic N) is 2. The minimum Gasteiger partial charge on any atom is -0.309 e. The summed E-state index contributed by atoms with van der Waals surface area (Å²) in [5.41, 5.74) is 5.27. The molecule has 3 nitrogen and oxygen atoms in total. The van der Waals surface area contributed by atoms with E-state index in [1.807, 2.05) is 35.0 Å². The van der Waals surface area contributed by atoms with Gasteiger partial charge in [-0.25, -0.2) is 0 Å². The zero-order valence-electron chi connectivity index (χ0n) is 15.1. The number of hydrogen-bond donors (Lipinski definition) is 0. The monoisotopic (exact) mass is 398 g/mol. The molecule has 0 bridgehead atoms. The topological polar surface area (TPSA) is 25.2 Å². The van der Waals surface area contributed by atoms with Crippen LogP contribution in [0.2, 0.25) is 0 Å².